The molecule has 0 fully saturated rings. The zero-order valence-corrected chi connectivity index (χ0v) is 17.2. The third-order valence-electron chi connectivity index (χ3n) is 5.73. The van der Waals surface area contributed by atoms with Crippen LogP contribution in [-0.4, -0.2) is 29.4 Å². The lowest BCUT2D eigenvalue weighted by atomic mass is 10.1. The average molecular weight is 428 g/mol. The summed E-state index contributed by atoms with van der Waals surface area (Å²) < 4.78 is 21.9. The second-order valence-electron chi connectivity index (χ2n) is 7.78. The highest BCUT2D eigenvalue weighted by Crippen LogP contribution is 2.35. The first-order chi connectivity index (χ1) is 15.7. The number of carbonyl (C=O) groups is 1. The van der Waals surface area contributed by atoms with E-state index in [1.54, 1.807) is 6.20 Å². The van der Waals surface area contributed by atoms with Gasteiger partial charge in [-0.25, -0.2) is 0 Å². The Bertz CT molecular complexity index is 1270. The highest BCUT2D eigenvalue weighted by molar-refractivity contribution is 6.06. The van der Waals surface area contributed by atoms with Crippen LogP contribution in [0.15, 0.2) is 66.9 Å². The molecule has 6 rings (SSSR count). The minimum Gasteiger partial charge on any atom is -0.454 e. The summed E-state index contributed by atoms with van der Waals surface area (Å²) in [6.07, 6.45) is 1.78. The SMILES string of the molecule is O=C(c1c[nH]c2ccccc12)N(Cc1ccc2c(c1)OCO2)Cc1ccc2c(c1)OCO2. The third-order valence-corrected chi connectivity index (χ3v) is 5.73. The molecule has 3 aromatic carbocycles. The van der Waals surface area contributed by atoms with Crippen LogP contribution in [-0.2, 0) is 13.1 Å². The molecular weight excluding hydrogens is 408 g/mol. The predicted octanol–water partition coefficient (Wildman–Crippen LogP) is 4.47. The van der Waals surface area contributed by atoms with Crippen molar-refractivity contribution in [1.82, 2.24) is 9.88 Å². The zero-order chi connectivity index (χ0) is 21.5. The molecule has 2 aliphatic rings. The van der Waals surface area contributed by atoms with Gasteiger partial charge in [0.05, 0.1) is 5.56 Å². The molecule has 0 bridgehead atoms. The lowest BCUT2D eigenvalue weighted by Crippen LogP contribution is -2.30. The number of H-pyrrole nitrogens is 1. The fourth-order valence-corrected chi connectivity index (χ4v) is 4.14. The van der Waals surface area contributed by atoms with Crippen molar-refractivity contribution in [3.63, 3.8) is 0 Å². The van der Waals surface area contributed by atoms with E-state index in [1.165, 1.54) is 0 Å². The number of carbonyl (C=O) groups excluding carboxylic acids is 1. The monoisotopic (exact) mass is 428 g/mol. The van der Waals surface area contributed by atoms with Gasteiger partial charge in [-0.05, 0) is 41.5 Å². The quantitative estimate of drug-likeness (QED) is 0.508. The summed E-state index contributed by atoms with van der Waals surface area (Å²) in [5.41, 5.74) is 3.50. The van der Waals surface area contributed by atoms with Crippen molar-refractivity contribution in [3.8, 4) is 23.0 Å². The number of rotatable bonds is 5. The zero-order valence-electron chi connectivity index (χ0n) is 17.2. The highest BCUT2D eigenvalue weighted by Gasteiger charge is 2.23. The molecule has 7 heteroatoms. The number of ether oxygens (including phenoxy) is 4. The normalized spacial score (nSPS) is 13.5. The Kier molecular flexibility index (Phi) is 4.38. The van der Waals surface area contributed by atoms with E-state index in [2.05, 4.69) is 4.98 Å². The van der Waals surface area contributed by atoms with Gasteiger partial charge in [-0.3, -0.25) is 4.79 Å². The van der Waals surface area contributed by atoms with Gasteiger partial charge in [-0.2, -0.15) is 0 Å². The molecule has 1 N–H and O–H groups in total. The van der Waals surface area contributed by atoms with E-state index in [1.807, 2.05) is 65.6 Å². The number of aromatic nitrogens is 1. The summed E-state index contributed by atoms with van der Waals surface area (Å²) >= 11 is 0. The van der Waals surface area contributed by atoms with Gasteiger partial charge in [0.15, 0.2) is 23.0 Å². The van der Waals surface area contributed by atoms with E-state index in [4.69, 9.17) is 18.9 Å². The van der Waals surface area contributed by atoms with Gasteiger partial charge in [-0.1, -0.05) is 30.3 Å². The molecule has 4 aromatic rings. The molecule has 3 heterocycles. The predicted molar refractivity (Wildman–Crippen MR) is 117 cm³/mol. The molecule has 1 aromatic heterocycles. The highest BCUT2D eigenvalue weighted by atomic mass is 16.7. The smallest absolute Gasteiger partial charge is 0.256 e. The number of para-hydroxylation sites is 1. The topological polar surface area (TPSA) is 73.0 Å². The van der Waals surface area contributed by atoms with Gasteiger partial charge in [0.25, 0.3) is 5.91 Å². The molecule has 1 amide bonds. The van der Waals surface area contributed by atoms with E-state index < -0.39 is 0 Å². The minimum absolute atomic E-state index is 0.0576. The molecule has 0 unspecified atom stereocenters. The summed E-state index contributed by atoms with van der Waals surface area (Å²) in [7, 11) is 0. The summed E-state index contributed by atoms with van der Waals surface area (Å²) in [4.78, 5) is 18.7. The Morgan fingerprint density at radius 2 is 1.38 bits per heavy atom. The Morgan fingerprint density at radius 3 is 2.03 bits per heavy atom. The molecule has 160 valence electrons. The van der Waals surface area contributed by atoms with Crippen LogP contribution in [0.5, 0.6) is 23.0 Å². The standard InChI is InChI=1S/C25H20N2O5/c28-25(19-11-26-20-4-2-1-3-18(19)20)27(12-16-5-7-21-23(9-16)31-14-29-21)13-17-6-8-22-24(10-17)32-15-30-22/h1-11,26H,12-15H2. The molecule has 0 saturated carbocycles. The molecule has 0 radical (unpaired) electrons. The second kappa shape index (κ2) is 7.53. The number of nitrogens with one attached hydrogen (secondary N) is 1. The summed E-state index contributed by atoms with van der Waals surface area (Å²) in [6.45, 7) is 1.27. The molecule has 0 aliphatic carbocycles. The maximum Gasteiger partial charge on any atom is 0.256 e. The van der Waals surface area contributed by atoms with Crippen LogP contribution in [0.1, 0.15) is 21.5 Å². The number of hydrogen-bond donors (Lipinski definition) is 1. The van der Waals surface area contributed by atoms with Gasteiger partial charge >= 0.3 is 0 Å². The molecular formula is C25H20N2O5. The Hall–Kier alpha value is -4.13. The van der Waals surface area contributed by atoms with Gasteiger partial charge in [-0.15, -0.1) is 0 Å². The number of fused-ring (bicyclic) bond motifs is 3. The van der Waals surface area contributed by atoms with Gasteiger partial charge in [0, 0.05) is 30.2 Å². The largest absolute Gasteiger partial charge is 0.454 e. The van der Waals surface area contributed by atoms with E-state index in [9.17, 15) is 4.79 Å². The van der Waals surface area contributed by atoms with Crippen molar-refractivity contribution in [2.45, 2.75) is 13.1 Å². The van der Waals surface area contributed by atoms with Crippen LogP contribution in [0, 0.1) is 0 Å². The number of aromatic amines is 1. The third kappa shape index (κ3) is 3.28. The fraction of sp³-hybridized carbons (Fsp3) is 0.160. The van der Waals surface area contributed by atoms with E-state index in [0.29, 0.717) is 30.2 Å². The van der Waals surface area contributed by atoms with Crippen molar-refractivity contribution in [2.24, 2.45) is 0 Å². The van der Waals surface area contributed by atoms with Gasteiger partial charge in [0.1, 0.15) is 0 Å². The maximum absolute atomic E-state index is 13.7. The lowest BCUT2D eigenvalue weighted by molar-refractivity contribution is 0.0731. The van der Waals surface area contributed by atoms with Crippen LogP contribution >= 0.6 is 0 Å². The van der Waals surface area contributed by atoms with Gasteiger partial charge in [0.2, 0.25) is 13.6 Å². The van der Waals surface area contributed by atoms with Crippen molar-refractivity contribution < 1.29 is 23.7 Å². The Balaban J connectivity index is 1.34. The number of nitrogens with zero attached hydrogens (tertiary/aromatic N) is 1. The van der Waals surface area contributed by atoms with Gasteiger partial charge < -0.3 is 28.8 Å². The maximum atomic E-state index is 13.7. The summed E-state index contributed by atoms with van der Waals surface area (Å²) in [5, 5.41) is 0.902. The number of benzene rings is 3. The van der Waals surface area contributed by atoms with Crippen LogP contribution < -0.4 is 18.9 Å². The Labute approximate surface area is 184 Å². The first-order valence-electron chi connectivity index (χ1n) is 10.4. The lowest BCUT2D eigenvalue weighted by Gasteiger charge is -2.23. The summed E-state index contributed by atoms with van der Waals surface area (Å²) in [6, 6.07) is 19.3. The number of hydrogen-bond acceptors (Lipinski definition) is 5. The van der Waals surface area contributed by atoms with Crippen molar-refractivity contribution in [2.75, 3.05) is 13.6 Å². The average Bonchev–Trinajstić information content (AvgIpc) is 3.56. The van der Waals surface area contributed by atoms with Crippen molar-refractivity contribution >= 4 is 16.8 Å². The molecule has 7 nitrogen and oxygen atoms in total. The molecule has 32 heavy (non-hydrogen) atoms. The number of amides is 1. The molecule has 0 atom stereocenters. The molecule has 0 saturated heterocycles. The minimum atomic E-state index is -0.0576. The second-order valence-corrected chi connectivity index (χ2v) is 7.78. The molecule has 2 aliphatic heterocycles. The molecule has 0 spiro atoms. The van der Waals surface area contributed by atoms with Crippen LogP contribution in [0.3, 0.4) is 0 Å². The van der Waals surface area contributed by atoms with Crippen molar-refractivity contribution in [3.05, 3.63) is 83.6 Å². The fourth-order valence-electron chi connectivity index (χ4n) is 4.14. The van der Waals surface area contributed by atoms with Crippen LogP contribution in [0.2, 0.25) is 0 Å². The first kappa shape index (κ1) is 18.6. The van der Waals surface area contributed by atoms with E-state index in [0.717, 1.165) is 33.5 Å². The van der Waals surface area contributed by atoms with E-state index in [-0.39, 0.29) is 19.5 Å². The van der Waals surface area contributed by atoms with E-state index >= 15 is 0 Å². The summed E-state index contributed by atoms with van der Waals surface area (Å²) in [5.74, 6) is 2.78. The Morgan fingerprint density at radius 1 is 0.781 bits per heavy atom. The first-order valence-corrected chi connectivity index (χ1v) is 10.4. The van der Waals surface area contributed by atoms with Crippen molar-refractivity contribution in [1.29, 1.82) is 0 Å². The van der Waals surface area contributed by atoms with Crippen LogP contribution in [0.25, 0.3) is 10.9 Å². The van der Waals surface area contributed by atoms with Crippen LogP contribution in [0.4, 0.5) is 0 Å².